The third-order valence-electron chi connectivity index (χ3n) is 1.85. The Hall–Kier alpha value is -0.670. The summed E-state index contributed by atoms with van der Waals surface area (Å²) in [6.07, 6.45) is 0. The average molecular weight is 244 g/mol. The Morgan fingerprint density at radius 1 is 1.62 bits per heavy atom. The van der Waals surface area contributed by atoms with Gasteiger partial charge in [0.05, 0.1) is 10.5 Å². The minimum atomic E-state index is -0.433. The van der Waals surface area contributed by atoms with Gasteiger partial charge in [-0.1, -0.05) is 24.3 Å². The van der Waals surface area contributed by atoms with Crippen LogP contribution in [0, 0.1) is 5.82 Å². The van der Waals surface area contributed by atoms with E-state index in [1.807, 2.05) is 0 Å². The maximum Gasteiger partial charge on any atom is 0.142 e. The molecule has 0 spiro atoms. The predicted octanol–water partition coefficient (Wildman–Crippen LogP) is 3.16. The molecule has 1 aromatic rings. The van der Waals surface area contributed by atoms with Gasteiger partial charge < -0.3 is 5.73 Å². The number of hydrogen-bond donors (Lipinski definition) is 1. The Morgan fingerprint density at radius 3 is 2.77 bits per heavy atom. The van der Waals surface area contributed by atoms with Gasteiger partial charge in [0.2, 0.25) is 0 Å². The Kier molecular flexibility index (Phi) is 3.22. The zero-order valence-corrected chi connectivity index (χ0v) is 8.94. The molecule has 0 bridgehead atoms. The molecule has 1 aromatic carbocycles. The molecule has 3 heteroatoms. The highest BCUT2D eigenvalue weighted by molar-refractivity contribution is 9.10. The molecule has 1 unspecified atom stereocenters. The Bertz CT molecular complexity index is 336. The third-order valence-corrected chi connectivity index (χ3v) is 2.46. The molecule has 0 saturated heterocycles. The van der Waals surface area contributed by atoms with Crippen LogP contribution < -0.4 is 5.73 Å². The SMILES string of the molecule is C=C(C)C(N)c1cccc(Br)c1F. The van der Waals surface area contributed by atoms with Crippen LogP contribution in [0.1, 0.15) is 18.5 Å². The second-order valence-electron chi connectivity index (χ2n) is 2.97. The van der Waals surface area contributed by atoms with Gasteiger partial charge in [-0.05, 0) is 28.9 Å². The van der Waals surface area contributed by atoms with E-state index >= 15 is 0 Å². The molecular formula is C10H11BrFN. The normalized spacial score (nSPS) is 12.6. The van der Waals surface area contributed by atoms with Crippen molar-refractivity contribution >= 4 is 15.9 Å². The van der Waals surface area contributed by atoms with Crippen LogP contribution in [-0.2, 0) is 0 Å². The van der Waals surface area contributed by atoms with E-state index in [-0.39, 0.29) is 5.82 Å². The van der Waals surface area contributed by atoms with Crippen LogP contribution in [0.25, 0.3) is 0 Å². The molecule has 0 amide bonds. The molecular weight excluding hydrogens is 233 g/mol. The van der Waals surface area contributed by atoms with Gasteiger partial charge in [-0.25, -0.2) is 4.39 Å². The van der Waals surface area contributed by atoms with E-state index in [2.05, 4.69) is 22.5 Å². The van der Waals surface area contributed by atoms with Crippen molar-refractivity contribution < 1.29 is 4.39 Å². The van der Waals surface area contributed by atoms with E-state index in [0.29, 0.717) is 10.0 Å². The lowest BCUT2D eigenvalue weighted by Gasteiger charge is -2.12. The van der Waals surface area contributed by atoms with Crippen LogP contribution in [-0.4, -0.2) is 0 Å². The Balaban J connectivity index is 3.15. The second-order valence-corrected chi connectivity index (χ2v) is 3.82. The standard InChI is InChI=1S/C10H11BrFN/c1-6(2)10(13)7-4-3-5-8(11)9(7)12/h3-5,10H,1,13H2,2H3. The number of halogens is 2. The average Bonchev–Trinajstić information content (AvgIpc) is 2.08. The lowest BCUT2D eigenvalue weighted by molar-refractivity contribution is 0.592. The van der Waals surface area contributed by atoms with Crippen LogP contribution in [0.5, 0.6) is 0 Å². The number of benzene rings is 1. The van der Waals surface area contributed by atoms with E-state index in [9.17, 15) is 4.39 Å². The second kappa shape index (κ2) is 4.03. The van der Waals surface area contributed by atoms with Crippen molar-refractivity contribution in [2.24, 2.45) is 5.73 Å². The molecule has 1 rings (SSSR count). The highest BCUT2D eigenvalue weighted by Crippen LogP contribution is 2.25. The largest absolute Gasteiger partial charge is 0.320 e. The van der Waals surface area contributed by atoms with Crippen LogP contribution in [0.15, 0.2) is 34.8 Å². The van der Waals surface area contributed by atoms with Crippen molar-refractivity contribution in [3.8, 4) is 0 Å². The molecule has 13 heavy (non-hydrogen) atoms. The zero-order chi connectivity index (χ0) is 10.0. The minimum Gasteiger partial charge on any atom is -0.320 e. The molecule has 1 atom stereocenters. The van der Waals surface area contributed by atoms with Crippen molar-refractivity contribution in [1.29, 1.82) is 0 Å². The van der Waals surface area contributed by atoms with Gasteiger partial charge in [-0.3, -0.25) is 0 Å². The topological polar surface area (TPSA) is 26.0 Å². The van der Waals surface area contributed by atoms with Crippen LogP contribution in [0.2, 0.25) is 0 Å². The molecule has 1 nitrogen and oxygen atoms in total. The van der Waals surface area contributed by atoms with Crippen molar-refractivity contribution in [3.05, 3.63) is 46.2 Å². The summed E-state index contributed by atoms with van der Waals surface area (Å²) in [5.41, 5.74) is 6.97. The molecule has 0 heterocycles. The Labute approximate surface area is 85.6 Å². The Morgan fingerprint density at radius 2 is 2.23 bits per heavy atom. The summed E-state index contributed by atoms with van der Waals surface area (Å²) in [5.74, 6) is -0.307. The summed E-state index contributed by atoms with van der Waals surface area (Å²) >= 11 is 3.10. The molecule has 70 valence electrons. The van der Waals surface area contributed by atoms with E-state index < -0.39 is 6.04 Å². The van der Waals surface area contributed by atoms with E-state index in [1.165, 1.54) is 0 Å². The molecule has 0 aliphatic heterocycles. The number of hydrogen-bond acceptors (Lipinski definition) is 1. The smallest absolute Gasteiger partial charge is 0.142 e. The van der Waals surface area contributed by atoms with Crippen molar-refractivity contribution in [2.75, 3.05) is 0 Å². The van der Waals surface area contributed by atoms with E-state index in [0.717, 1.165) is 5.57 Å². The van der Waals surface area contributed by atoms with Crippen molar-refractivity contribution in [3.63, 3.8) is 0 Å². The van der Waals surface area contributed by atoms with E-state index in [4.69, 9.17) is 5.73 Å². The first-order valence-electron chi connectivity index (χ1n) is 3.89. The first kappa shape index (κ1) is 10.4. The van der Waals surface area contributed by atoms with Crippen molar-refractivity contribution in [2.45, 2.75) is 13.0 Å². The summed E-state index contributed by atoms with van der Waals surface area (Å²) in [6, 6.07) is 4.63. The lowest BCUT2D eigenvalue weighted by atomic mass is 10.0. The summed E-state index contributed by atoms with van der Waals surface area (Å²) in [6.45, 7) is 5.48. The monoisotopic (exact) mass is 243 g/mol. The van der Waals surface area contributed by atoms with Crippen LogP contribution >= 0.6 is 15.9 Å². The third kappa shape index (κ3) is 2.17. The summed E-state index contributed by atoms with van der Waals surface area (Å²) in [4.78, 5) is 0. The fourth-order valence-electron chi connectivity index (χ4n) is 1.03. The van der Waals surface area contributed by atoms with Gasteiger partial charge in [0.15, 0.2) is 0 Å². The fraction of sp³-hybridized carbons (Fsp3) is 0.200. The van der Waals surface area contributed by atoms with E-state index in [1.54, 1.807) is 25.1 Å². The zero-order valence-electron chi connectivity index (χ0n) is 7.35. The fourth-order valence-corrected chi connectivity index (χ4v) is 1.41. The maximum absolute atomic E-state index is 13.4. The molecule has 0 saturated carbocycles. The summed E-state index contributed by atoms with van der Waals surface area (Å²) in [5, 5.41) is 0. The highest BCUT2D eigenvalue weighted by Gasteiger charge is 2.13. The summed E-state index contributed by atoms with van der Waals surface area (Å²) in [7, 11) is 0. The van der Waals surface area contributed by atoms with Crippen molar-refractivity contribution in [1.82, 2.24) is 0 Å². The maximum atomic E-state index is 13.4. The van der Waals surface area contributed by atoms with Crippen LogP contribution in [0.3, 0.4) is 0 Å². The first-order chi connectivity index (χ1) is 6.04. The quantitative estimate of drug-likeness (QED) is 0.794. The number of rotatable bonds is 2. The molecule has 0 aromatic heterocycles. The predicted molar refractivity (Wildman–Crippen MR) is 55.8 cm³/mol. The molecule has 0 fully saturated rings. The van der Waals surface area contributed by atoms with Gasteiger partial charge in [-0.2, -0.15) is 0 Å². The lowest BCUT2D eigenvalue weighted by Crippen LogP contribution is -2.12. The van der Waals surface area contributed by atoms with Gasteiger partial charge >= 0.3 is 0 Å². The minimum absolute atomic E-state index is 0.307. The molecule has 2 N–H and O–H groups in total. The summed E-state index contributed by atoms with van der Waals surface area (Å²) < 4.78 is 13.9. The van der Waals surface area contributed by atoms with Gasteiger partial charge in [0.25, 0.3) is 0 Å². The van der Waals surface area contributed by atoms with Gasteiger partial charge in [0.1, 0.15) is 5.82 Å². The molecule has 0 radical (unpaired) electrons. The van der Waals surface area contributed by atoms with Crippen LogP contribution in [0.4, 0.5) is 4.39 Å². The molecule has 0 aliphatic carbocycles. The highest BCUT2D eigenvalue weighted by atomic mass is 79.9. The van der Waals surface area contributed by atoms with Gasteiger partial charge in [-0.15, -0.1) is 0 Å². The first-order valence-corrected chi connectivity index (χ1v) is 4.68. The van der Waals surface area contributed by atoms with Gasteiger partial charge in [0, 0.05) is 5.56 Å². The molecule has 0 aliphatic rings. The number of nitrogens with two attached hydrogens (primary N) is 1.